The van der Waals surface area contributed by atoms with Crippen LogP contribution in [0.1, 0.15) is 49.4 Å². The third-order valence-electron chi connectivity index (χ3n) is 8.79. The van der Waals surface area contributed by atoms with Gasteiger partial charge in [-0.25, -0.2) is 4.79 Å². The summed E-state index contributed by atoms with van der Waals surface area (Å²) in [4.78, 5) is 52.9. The molecule has 3 aliphatic rings. The standard InChI is InChI=1S/C38H39N3O8/c1-41(2)33(43)14-13-24-7-5-12-27(17-24)37(46)47-31-19-30(36(45)40-23-25-8-6-11-26(18-25)35(44)39-15-16-42)20-32-34(31)49-38(48-32)21-28-9-3-4-10-29(28)22-38/h3-14,17-18,20,31-32,34,42H,15-16,19,21-23H2,1-2H3,(H,39,44)(H,40,45)/t31-,32-,34+/m1/s1. The topological polar surface area (TPSA) is 144 Å². The number of rotatable bonds is 10. The lowest BCUT2D eigenvalue weighted by Crippen LogP contribution is -2.43. The highest BCUT2D eigenvalue weighted by atomic mass is 16.8. The average Bonchev–Trinajstić information content (AvgIpc) is 3.66. The molecule has 3 amide bonds. The first-order chi connectivity index (χ1) is 23.6. The minimum Gasteiger partial charge on any atom is -0.456 e. The summed E-state index contributed by atoms with van der Waals surface area (Å²) >= 11 is 0. The van der Waals surface area contributed by atoms with E-state index >= 15 is 0 Å². The molecule has 1 spiro atoms. The minimum atomic E-state index is -0.938. The molecule has 0 radical (unpaired) electrons. The van der Waals surface area contributed by atoms with E-state index in [1.165, 1.54) is 11.0 Å². The van der Waals surface area contributed by atoms with Crippen LogP contribution in [0.2, 0.25) is 0 Å². The van der Waals surface area contributed by atoms with Crippen LogP contribution in [0.15, 0.2) is 90.5 Å². The highest BCUT2D eigenvalue weighted by molar-refractivity contribution is 5.96. The van der Waals surface area contributed by atoms with Gasteiger partial charge >= 0.3 is 5.97 Å². The van der Waals surface area contributed by atoms with E-state index in [2.05, 4.69) is 10.6 Å². The quantitative estimate of drug-likeness (QED) is 0.222. The number of amides is 3. The summed E-state index contributed by atoms with van der Waals surface area (Å²) in [7, 11) is 3.31. The molecule has 11 heteroatoms. The molecule has 254 valence electrons. The van der Waals surface area contributed by atoms with E-state index < -0.39 is 30.1 Å². The fraction of sp³-hybridized carbons (Fsp3) is 0.316. The lowest BCUT2D eigenvalue weighted by atomic mass is 9.91. The first-order valence-corrected chi connectivity index (χ1v) is 16.2. The number of fused-ring (bicyclic) bond motifs is 2. The van der Waals surface area contributed by atoms with Gasteiger partial charge in [0, 0.05) is 63.7 Å². The van der Waals surface area contributed by atoms with Gasteiger partial charge in [-0.2, -0.15) is 0 Å². The number of hydrogen-bond donors (Lipinski definition) is 3. The number of aliphatic hydroxyl groups is 1. The van der Waals surface area contributed by atoms with Crippen molar-refractivity contribution in [1.82, 2.24) is 15.5 Å². The molecule has 49 heavy (non-hydrogen) atoms. The first kappa shape index (κ1) is 33.8. The molecule has 3 aromatic rings. The van der Waals surface area contributed by atoms with Crippen molar-refractivity contribution in [3.63, 3.8) is 0 Å². The van der Waals surface area contributed by atoms with Gasteiger partial charge in [-0.05, 0) is 58.7 Å². The zero-order chi connectivity index (χ0) is 34.5. The third-order valence-corrected chi connectivity index (χ3v) is 8.79. The monoisotopic (exact) mass is 665 g/mol. The number of nitrogens with one attached hydrogen (secondary N) is 2. The average molecular weight is 666 g/mol. The van der Waals surface area contributed by atoms with Gasteiger partial charge in [-0.3, -0.25) is 14.4 Å². The second-order valence-electron chi connectivity index (χ2n) is 12.6. The number of carbonyl (C=O) groups excluding carboxylic acids is 4. The third kappa shape index (κ3) is 7.80. The number of ether oxygens (including phenoxy) is 3. The fourth-order valence-electron chi connectivity index (χ4n) is 6.34. The molecule has 0 saturated carbocycles. The number of nitrogens with zero attached hydrogens (tertiary/aromatic N) is 1. The molecule has 0 aromatic heterocycles. The Morgan fingerprint density at radius 1 is 0.918 bits per heavy atom. The molecule has 1 heterocycles. The van der Waals surface area contributed by atoms with Gasteiger partial charge in [0.1, 0.15) is 18.3 Å². The van der Waals surface area contributed by atoms with Crippen LogP contribution >= 0.6 is 0 Å². The number of benzene rings is 3. The number of aliphatic hydroxyl groups excluding tert-OH is 1. The van der Waals surface area contributed by atoms with Gasteiger partial charge in [0.25, 0.3) is 5.91 Å². The predicted molar refractivity (Wildman–Crippen MR) is 180 cm³/mol. The Morgan fingerprint density at radius 2 is 1.65 bits per heavy atom. The maximum Gasteiger partial charge on any atom is 0.338 e. The second-order valence-corrected chi connectivity index (χ2v) is 12.6. The number of carbonyl (C=O) groups is 4. The molecule has 1 saturated heterocycles. The van der Waals surface area contributed by atoms with Crippen molar-refractivity contribution in [1.29, 1.82) is 0 Å². The summed E-state index contributed by atoms with van der Waals surface area (Å²) in [5.74, 6) is -2.39. The van der Waals surface area contributed by atoms with Gasteiger partial charge in [0.05, 0.1) is 12.2 Å². The number of esters is 1. The molecule has 3 atom stereocenters. The van der Waals surface area contributed by atoms with E-state index in [0.29, 0.717) is 40.7 Å². The fourth-order valence-corrected chi connectivity index (χ4v) is 6.34. The van der Waals surface area contributed by atoms with E-state index in [9.17, 15) is 19.2 Å². The molecule has 2 aliphatic carbocycles. The molecule has 11 nitrogen and oxygen atoms in total. The first-order valence-electron chi connectivity index (χ1n) is 16.2. The van der Waals surface area contributed by atoms with Crippen molar-refractivity contribution in [2.24, 2.45) is 0 Å². The summed E-state index contributed by atoms with van der Waals surface area (Å²) < 4.78 is 19.2. The Balaban J connectivity index is 1.19. The normalized spacial score (nSPS) is 20.3. The van der Waals surface area contributed by atoms with E-state index in [1.807, 2.05) is 24.3 Å². The van der Waals surface area contributed by atoms with E-state index in [0.717, 1.165) is 11.1 Å². The molecule has 1 aliphatic heterocycles. The zero-order valence-electron chi connectivity index (χ0n) is 27.4. The summed E-state index contributed by atoms with van der Waals surface area (Å²) in [6.45, 7) is 0.130. The Hall–Kier alpha value is -5.10. The van der Waals surface area contributed by atoms with E-state index in [1.54, 1.807) is 74.8 Å². The van der Waals surface area contributed by atoms with Gasteiger partial charge in [-0.1, -0.05) is 48.5 Å². The Bertz CT molecular complexity index is 1790. The second kappa shape index (κ2) is 14.6. The van der Waals surface area contributed by atoms with Gasteiger partial charge in [0.2, 0.25) is 11.8 Å². The van der Waals surface area contributed by atoms with Crippen molar-refractivity contribution < 1.29 is 38.5 Å². The van der Waals surface area contributed by atoms with Crippen LogP contribution in [0.5, 0.6) is 0 Å². The molecule has 3 N–H and O–H groups in total. The molecular weight excluding hydrogens is 626 g/mol. The van der Waals surface area contributed by atoms with Crippen LogP contribution in [0, 0.1) is 0 Å². The lowest BCUT2D eigenvalue weighted by molar-refractivity contribution is -0.172. The number of likely N-dealkylation sites (N-methyl/N-ethyl adjacent to an activating group) is 1. The summed E-state index contributed by atoms with van der Waals surface area (Å²) in [6.07, 6.45) is 3.91. The van der Waals surface area contributed by atoms with Crippen LogP contribution in [0.25, 0.3) is 6.08 Å². The molecular formula is C38H39N3O8. The van der Waals surface area contributed by atoms with E-state index in [4.69, 9.17) is 19.3 Å². The van der Waals surface area contributed by atoms with E-state index in [-0.39, 0.29) is 43.8 Å². The van der Waals surface area contributed by atoms with Crippen molar-refractivity contribution in [2.45, 2.75) is 49.9 Å². The largest absolute Gasteiger partial charge is 0.456 e. The van der Waals surface area contributed by atoms with Gasteiger partial charge < -0.3 is 34.9 Å². The summed E-state index contributed by atoms with van der Waals surface area (Å²) in [5, 5.41) is 14.5. The molecule has 0 bridgehead atoms. The smallest absolute Gasteiger partial charge is 0.338 e. The van der Waals surface area contributed by atoms with Gasteiger partial charge in [-0.15, -0.1) is 0 Å². The summed E-state index contributed by atoms with van der Waals surface area (Å²) in [6, 6.07) is 21.7. The molecule has 1 fully saturated rings. The van der Waals surface area contributed by atoms with Gasteiger partial charge in [0.15, 0.2) is 5.79 Å². The lowest BCUT2D eigenvalue weighted by Gasteiger charge is -2.30. The molecule has 0 unspecified atom stereocenters. The van der Waals surface area contributed by atoms with Crippen LogP contribution < -0.4 is 10.6 Å². The SMILES string of the molecule is CN(C)C(=O)C=Cc1cccc(C(=O)O[C@@H]2CC(C(=O)NCc3cccc(C(=O)NCCO)c3)=C[C@H]3OC4(Cc5ccccc5C4)O[C@H]32)c1. The Morgan fingerprint density at radius 3 is 2.39 bits per heavy atom. The maximum atomic E-state index is 13.6. The van der Waals surface area contributed by atoms with Crippen LogP contribution in [-0.2, 0) is 43.2 Å². The maximum absolute atomic E-state index is 13.6. The Kier molecular flexibility index (Phi) is 10.0. The highest BCUT2D eigenvalue weighted by Crippen LogP contribution is 2.45. The van der Waals surface area contributed by atoms with Crippen molar-refractivity contribution in [3.8, 4) is 0 Å². The van der Waals surface area contributed by atoms with Crippen molar-refractivity contribution in [3.05, 3.63) is 124 Å². The van der Waals surface area contributed by atoms with Crippen LogP contribution in [-0.4, -0.2) is 85.0 Å². The zero-order valence-corrected chi connectivity index (χ0v) is 27.4. The summed E-state index contributed by atoms with van der Waals surface area (Å²) in [5.41, 5.74) is 4.72. The van der Waals surface area contributed by atoms with Crippen LogP contribution in [0.3, 0.4) is 0 Å². The van der Waals surface area contributed by atoms with Crippen molar-refractivity contribution in [2.75, 3.05) is 27.2 Å². The van der Waals surface area contributed by atoms with Crippen LogP contribution in [0.4, 0.5) is 0 Å². The predicted octanol–water partition coefficient (Wildman–Crippen LogP) is 2.96. The molecule has 3 aromatic carbocycles. The van der Waals surface area contributed by atoms with Crippen molar-refractivity contribution >= 4 is 29.8 Å². The number of hydrogen-bond acceptors (Lipinski definition) is 8. The molecule has 6 rings (SSSR count). The highest BCUT2D eigenvalue weighted by Gasteiger charge is 2.55. The Labute approximate surface area is 284 Å². The minimum absolute atomic E-state index is 0.103.